The molecule has 1 amide bonds. The van der Waals surface area contributed by atoms with Crippen LogP contribution in [-0.4, -0.2) is 29.9 Å². The van der Waals surface area contributed by atoms with Gasteiger partial charge in [-0.15, -0.1) is 0 Å². The summed E-state index contributed by atoms with van der Waals surface area (Å²) in [6.07, 6.45) is 0. The summed E-state index contributed by atoms with van der Waals surface area (Å²) in [6, 6.07) is 12.4. The molecule has 2 aromatic carbocycles. The Kier molecular flexibility index (Phi) is 5.56. The van der Waals surface area contributed by atoms with Gasteiger partial charge in [0.15, 0.2) is 0 Å². The number of halogens is 3. The van der Waals surface area contributed by atoms with Crippen LogP contribution in [0.15, 0.2) is 40.9 Å². The van der Waals surface area contributed by atoms with Gasteiger partial charge in [0.05, 0.1) is 32.5 Å². The second-order valence-corrected chi connectivity index (χ2v) is 7.61. The molecule has 0 aliphatic carbocycles. The third kappa shape index (κ3) is 3.86. The number of carbonyl (C=O) groups excluding carboxylic acids is 1. The Balaban J connectivity index is 2.16. The van der Waals surface area contributed by atoms with Crippen LogP contribution in [0.2, 0.25) is 10.0 Å². The first-order valence-corrected chi connectivity index (χ1v) is 9.33. The predicted octanol–water partition coefficient (Wildman–Crippen LogP) is 5.62. The molecule has 27 heavy (non-hydrogen) atoms. The smallest absolute Gasteiger partial charge is 0.254 e. The minimum Gasteiger partial charge on any atom is -0.354 e. The molecule has 1 heterocycles. The number of hydrogen-bond donors (Lipinski definition) is 1. The molecule has 0 atom stereocenters. The highest BCUT2D eigenvalue weighted by atomic mass is 79.9. The Bertz CT molecular complexity index is 1110. The van der Waals surface area contributed by atoms with E-state index in [0.717, 1.165) is 9.86 Å². The van der Waals surface area contributed by atoms with Gasteiger partial charge in [-0.2, -0.15) is 5.26 Å². The fourth-order valence-corrected chi connectivity index (χ4v) is 3.53. The fraction of sp³-hybridized carbons (Fsp3) is 0.105. The zero-order valence-electron chi connectivity index (χ0n) is 14.3. The van der Waals surface area contributed by atoms with Crippen LogP contribution in [0.5, 0.6) is 0 Å². The lowest BCUT2D eigenvalue weighted by Crippen LogP contribution is -2.22. The number of nitrogens with one attached hydrogen (secondary N) is 1. The van der Waals surface area contributed by atoms with Gasteiger partial charge in [0.1, 0.15) is 11.8 Å². The second kappa shape index (κ2) is 7.73. The Hall–Kier alpha value is -2.33. The van der Waals surface area contributed by atoms with E-state index in [1.807, 2.05) is 18.2 Å². The number of pyridine rings is 1. The van der Waals surface area contributed by atoms with Crippen molar-refractivity contribution in [3.63, 3.8) is 0 Å². The molecule has 0 aliphatic rings. The van der Waals surface area contributed by atoms with Crippen LogP contribution in [0.4, 0.5) is 11.4 Å². The van der Waals surface area contributed by atoms with Crippen LogP contribution >= 0.6 is 39.1 Å². The summed E-state index contributed by atoms with van der Waals surface area (Å²) in [6.45, 7) is 0. The SMILES string of the molecule is CN(C)C(=O)c1cc(Nc2cc(C#N)nc3c(Br)cccc23)c(Cl)cc1Cl. The van der Waals surface area contributed by atoms with Crippen LogP contribution in [0, 0.1) is 11.3 Å². The minimum atomic E-state index is -0.236. The number of aromatic nitrogens is 1. The van der Waals surface area contributed by atoms with Crippen LogP contribution in [-0.2, 0) is 0 Å². The number of amides is 1. The molecule has 1 N–H and O–H groups in total. The first kappa shape index (κ1) is 19.4. The standard InChI is InChI=1S/C19H13BrCl2N4O/c1-26(2)19(27)12-7-17(15(22)8-14(12)21)25-16-6-10(9-23)24-18-11(16)4-3-5-13(18)20/h3-8H,1-2H3,(H,24,25). The van der Waals surface area contributed by atoms with E-state index in [-0.39, 0.29) is 16.6 Å². The number of rotatable bonds is 3. The summed E-state index contributed by atoms with van der Waals surface area (Å²) in [5.41, 5.74) is 2.38. The molecule has 0 radical (unpaired) electrons. The highest BCUT2D eigenvalue weighted by Gasteiger charge is 2.17. The molecule has 3 aromatic rings. The molecular formula is C19H13BrCl2N4O. The fourth-order valence-electron chi connectivity index (χ4n) is 2.57. The number of benzene rings is 2. The maximum Gasteiger partial charge on any atom is 0.254 e. The molecule has 8 heteroatoms. The first-order valence-electron chi connectivity index (χ1n) is 7.79. The maximum absolute atomic E-state index is 12.4. The van der Waals surface area contributed by atoms with Gasteiger partial charge in [0, 0.05) is 24.0 Å². The average Bonchev–Trinajstić information content (AvgIpc) is 2.63. The second-order valence-electron chi connectivity index (χ2n) is 5.94. The number of hydrogen-bond acceptors (Lipinski definition) is 4. The van der Waals surface area contributed by atoms with Crippen LogP contribution in [0.1, 0.15) is 16.1 Å². The summed E-state index contributed by atoms with van der Waals surface area (Å²) >= 11 is 16.0. The largest absolute Gasteiger partial charge is 0.354 e. The lowest BCUT2D eigenvalue weighted by Gasteiger charge is -2.16. The molecule has 0 fully saturated rings. The van der Waals surface area contributed by atoms with Crippen molar-refractivity contribution in [1.29, 1.82) is 5.26 Å². The van der Waals surface area contributed by atoms with E-state index in [2.05, 4.69) is 32.3 Å². The van der Waals surface area contributed by atoms with Gasteiger partial charge in [-0.05, 0) is 40.2 Å². The van der Waals surface area contributed by atoms with Gasteiger partial charge >= 0.3 is 0 Å². The summed E-state index contributed by atoms with van der Waals surface area (Å²) < 4.78 is 0.769. The average molecular weight is 464 g/mol. The molecule has 136 valence electrons. The van der Waals surface area contributed by atoms with Gasteiger partial charge in [-0.3, -0.25) is 4.79 Å². The van der Waals surface area contributed by atoms with Crippen molar-refractivity contribution in [2.24, 2.45) is 0 Å². The molecule has 0 saturated carbocycles. The summed E-state index contributed by atoms with van der Waals surface area (Å²) in [5.74, 6) is -0.236. The molecule has 1 aromatic heterocycles. The van der Waals surface area contributed by atoms with Crippen LogP contribution in [0.25, 0.3) is 10.9 Å². The maximum atomic E-state index is 12.4. The zero-order chi connectivity index (χ0) is 19.7. The van der Waals surface area contributed by atoms with Crippen LogP contribution in [0.3, 0.4) is 0 Å². The number of nitrogens with zero attached hydrogens (tertiary/aromatic N) is 3. The quantitative estimate of drug-likeness (QED) is 0.547. The van der Waals surface area contributed by atoms with Crippen LogP contribution < -0.4 is 5.32 Å². The van der Waals surface area contributed by atoms with Gasteiger partial charge in [0.2, 0.25) is 0 Å². The third-order valence-electron chi connectivity index (χ3n) is 3.87. The monoisotopic (exact) mass is 462 g/mol. The molecule has 0 saturated heterocycles. The molecule has 0 aliphatic heterocycles. The molecule has 3 rings (SSSR count). The first-order chi connectivity index (χ1) is 12.8. The van der Waals surface area contributed by atoms with E-state index >= 15 is 0 Å². The molecule has 0 spiro atoms. The number of carbonyl (C=O) groups is 1. The Morgan fingerprint density at radius 3 is 2.59 bits per heavy atom. The molecule has 0 bridgehead atoms. The predicted molar refractivity (Wildman–Crippen MR) is 112 cm³/mol. The normalized spacial score (nSPS) is 10.5. The number of para-hydroxylation sites is 1. The summed E-state index contributed by atoms with van der Waals surface area (Å²) in [4.78, 5) is 18.1. The van der Waals surface area contributed by atoms with Crippen molar-refractivity contribution < 1.29 is 4.79 Å². The van der Waals surface area contributed by atoms with Crippen molar-refractivity contribution in [3.8, 4) is 6.07 Å². The van der Waals surface area contributed by atoms with E-state index in [0.29, 0.717) is 27.5 Å². The Morgan fingerprint density at radius 2 is 1.93 bits per heavy atom. The van der Waals surface area contributed by atoms with Gasteiger partial charge < -0.3 is 10.2 Å². The van der Waals surface area contributed by atoms with Gasteiger partial charge in [0.25, 0.3) is 5.91 Å². The summed E-state index contributed by atoms with van der Waals surface area (Å²) in [5, 5.41) is 13.9. The lowest BCUT2D eigenvalue weighted by molar-refractivity contribution is 0.0828. The number of nitriles is 1. The van der Waals surface area contributed by atoms with Crippen molar-refractivity contribution in [3.05, 3.63) is 62.2 Å². The third-order valence-corrected chi connectivity index (χ3v) is 5.13. The Labute approximate surface area is 174 Å². The Morgan fingerprint density at radius 1 is 1.19 bits per heavy atom. The van der Waals surface area contributed by atoms with E-state index in [1.165, 1.54) is 11.0 Å². The number of anilines is 2. The van der Waals surface area contributed by atoms with Crippen molar-refractivity contribution >= 4 is 67.3 Å². The van der Waals surface area contributed by atoms with E-state index in [4.69, 9.17) is 23.2 Å². The molecular weight excluding hydrogens is 451 g/mol. The highest BCUT2D eigenvalue weighted by Crippen LogP contribution is 2.35. The topological polar surface area (TPSA) is 69.0 Å². The summed E-state index contributed by atoms with van der Waals surface area (Å²) in [7, 11) is 3.29. The van der Waals surface area contributed by atoms with Gasteiger partial charge in [-0.1, -0.05) is 35.3 Å². The molecule has 0 unspecified atom stereocenters. The van der Waals surface area contributed by atoms with Crippen molar-refractivity contribution in [2.45, 2.75) is 0 Å². The van der Waals surface area contributed by atoms with Crippen molar-refractivity contribution in [1.82, 2.24) is 9.88 Å². The number of fused-ring (bicyclic) bond motifs is 1. The van der Waals surface area contributed by atoms with Crippen molar-refractivity contribution in [2.75, 3.05) is 19.4 Å². The van der Waals surface area contributed by atoms with E-state index < -0.39 is 0 Å². The van der Waals surface area contributed by atoms with E-state index in [9.17, 15) is 10.1 Å². The lowest BCUT2D eigenvalue weighted by atomic mass is 10.1. The minimum absolute atomic E-state index is 0.236. The highest BCUT2D eigenvalue weighted by molar-refractivity contribution is 9.10. The van der Waals surface area contributed by atoms with E-state index in [1.54, 1.807) is 26.2 Å². The van der Waals surface area contributed by atoms with Gasteiger partial charge in [-0.25, -0.2) is 4.98 Å². The zero-order valence-corrected chi connectivity index (χ0v) is 17.4. The molecule has 5 nitrogen and oxygen atoms in total.